The lowest BCUT2D eigenvalue weighted by atomic mass is 9.78. The van der Waals surface area contributed by atoms with Crippen LogP contribution in [0.15, 0.2) is 48.5 Å². The number of rotatable bonds is 5. The molecule has 0 bridgehead atoms. The van der Waals surface area contributed by atoms with Crippen LogP contribution in [-0.4, -0.2) is 37.8 Å². The number of aryl methyl sites for hydroxylation is 1. The van der Waals surface area contributed by atoms with E-state index in [1.807, 2.05) is 0 Å². The summed E-state index contributed by atoms with van der Waals surface area (Å²) in [5, 5.41) is 7.79. The topological polar surface area (TPSA) is 98.7 Å². The first-order valence-electron chi connectivity index (χ1n) is 11.0. The molecule has 4 aromatic rings. The normalized spacial score (nSPS) is 17.8. The lowest BCUT2D eigenvalue weighted by Gasteiger charge is -2.23. The zero-order chi connectivity index (χ0) is 26.8. The second-order valence-corrected chi connectivity index (χ2v) is 9.23. The molecule has 0 fully saturated rings. The number of nitrogens with zero attached hydrogens (tertiary/aromatic N) is 4. The van der Waals surface area contributed by atoms with Gasteiger partial charge < -0.3 is 11.1 Å². The smallest absolute Gasteiger partial charge is 0.383 e. The Morgan fingerprint density at radius 3 is 2.41 bits per heavy atom. The molecule has 0 radical (unpaired) electrons. The van der Waals surface area contributed by atoms with E-state index in [2.05, 4.69) is 20.4 Å². The number of alkyl halides is 5. The first-order valence-corrected chi connectivity index (χ1v) is 11.4. The van der Waals surface area contributed by atoms with Gasteiger partial charge in [-0.2, -0.15) is 41.7 Å². The molecular weight excluding hydrogens is 519 g/mol. The first kappa shape index (κ1) is 24.9. The Morgan fingerprint density at radius 2 is 1.73 bits per heavy atom. The van der Waals surface area contributed by atoms with Crippen molar-refractivity contribution in [3.63, 3.8) is 0 Å². The fraction of sp³-hybridized carbons (Fsp3) is 0.250. The van der Waals surface area contributed by atoms with Crippen LogP contribution in [0.3, 0.4) is 0 Å². The molecule has 5 rings (SSSR count). The highest BCUT2D eigenvalue weighted by atomic mass is 35.5. The number of anilines is 2. The predicted octanol–water partition coefficient (Wildman–Crippen LogP) is 5.44. The van der Waals surface area contributed by atoms with E-state index in [0.717, 1.165) is 0 Å². The third kappa shape index (κ3) is 3.95. The Kier molecular flexibility index (Phi) is 5.63. The summed E-state index contributed by atoms with van der Waals surface area (Å²) >= 11 is 5.98. The SMILES string of the molecule is CC1(c2ccc(Cl)cc2)C(=O)Nc2nc(-n3nc(CCC(F)(F)C(F)(F)F)c4ccccc43)nc(N)c21. The van der Waals surface area contributed by atoms with Gasteiger partial charge in [-0.1, -0.05) is 41.9 Å². The molecule has 2 aromatic heterocycles. The van der Waals surface area contributed by atoms with Crippen LogP contribution < -0.4 is 11.1 Å². The van der Waals surface area contributed by atoms with E-state index in [0.29, 0.717) is 27.1 Å². The van der Waals surface area contributed by atoms with Crippen molar-refractivity contribution in [2.75, 3.05) is 11.1 Å². The molecule has 3 heterocycles. The Hall–Kier alpha value is -3.80. The van der Waals surface area contributed by atoms with Gasteiger partial charge in [-0.15, -0.1) is 0 Å². The maximum atomic E-state index is 13.6. The number of carbonyl (C=O) groups excluding carboxylic acids is 1. The molecule has 7 nitrogen and oxygen atoms in total. The van der Waals surface area contributed by atoms with Crippen molar-refractivity contribution in [3.05, 3.63) is 70.4 Å². The number of hydrogen-bond acceptors (Lipinski definition) is 5. The fourth-order valence-electron chi connectivity index (χ4n) is 4.43. The van der Waals surface area contributed by atoms with E-state index >= 15 is 0 Å². The standard InChI is InChI=1S/C24H18ClF5N6O/c1-22(12-6-8-13(25)9-7-12)17-18(31)32-21(34-19(17)33-20(22)37)36-16-5-3-2-4-14(16)15(35-36)10-11-23(26,27)24(28,29)30/h2-9H,10-11H2,1H3,(H3,31,32,33,34,37). The lowest BCUT2D eigenvalue weighted by molar-refractivity contribution is -0.284. The van der Waals surface area contributed by atoms with Gasteiger partial charge in [-0.05, 0) is 37.1 Å². The summed E-state index contributed by atoms with van der Waals surface area (Å²) in [6.07, 6.45) is -7.79. The number of para-hydroxylation sites is 1. The van der Waals surface area contributed by atoms with Crippen molar-refractivity contribution in [3.8, 4) is 5.95 Å². The average Bonchev–Trinajstić information content (AvgIpc) is 3.33. The Balaban J connectivity index is 1.58. The lowest BCUT2D eigenvalue weighted by Crippen LogP contribution is -2.36. The van der Waals surface area contributed by atoms with Gasteiger partial charge in [0.2, 0.25) is 5.91 Å². The van der Waals surface area contributed by atoms with Gasteiger partial charge in [0.25, 0.3) is 5.95 Å². The second kappa shape index (κ2) is 8.37. The number of nitrogens with one attached hydrogen (secondary N) is 1. The Morgan fingerprint density at radius 1 is 1.05 bits per heavy atom. The fourth-order valence-corrected chi connectivity index (χ4v) is 4.56. The van der Waals surface area contributed by atoms with Gasteiger partial charge in [0.05, 0.1) is 16.8 Å². The molecule has 192 valence electrons. The summed E-state index contributed by atoms with van der Waals surface area (Å²) in [7, 11) is 0. The zero-order valence-electron chi connectivity index (χ0n) is 19.1. The summed E-state index contributed by atoms with van der Waals surface area (Å²) in [4.78, 5) is 21.8. The van der Waals surface area contributed by atoms with Crippen LogP contribution >= 0.6 is 11.6 Å². The number of nitrogens with two attached hydrogens (primary N) is 1. The van der Waals surface area contributed by atoms with Crippen molar-refractivity contribution >= 4 is 40.0 Å². The number of halogens is 6. The summed E-state index contributed by atoms with van der Waals surface area (Å²) in [6, 6.07) is 13.0. The molecule has 2 aromatic carbocycles. The van der Waals surface area contributed by atoms with Gasteiger partial charge in [0.15, 0.2) is 0 Å². The molecule has 37 heavy (non-hydrogen) atoms. The van der Waals surface area contributed by atoms with Crippen LogP contribution in [0, 0.1) is 0 Å². The number of hydrogen-bond donors (Lipinski definition) is 2. The molecule has 13 heteroatoms. The predicted molar refractivity (Wildman–Crippen MR) is 127 cm³/mol. The highest BCUT2D eigenvalue weighted by Crippen LogP contribution is 2.45. The third-order valence-electron chi connectivity index (χ3n) is 6.48. The Bertz CT molecular complexity index is 1540. The molecule has 1 unspecified atom stereocenters. The van der Waals surface area contributed by atoms with Crippen molar-refractivity contribution in [1.29, 1.82) is 0 Å². The van der Waals surface area contributed by atoms with Crippen molar-refractivity contribution in [2.24, 2.45) is 0 Å². The molecule has 1 aliphatic rings. The number of nitrogen functional groups attached to an aromatic ring is 1. The number of aromatic nitrogens is 4. The number of amides is 1. The highest BCUT2D eigenvalue weighted by Gasteiger charge is 2.56. The number of benzene rings is 2. The van der Waals surface area contributed by atoms with Crippen LogP contribution in [0.25, 0.3) is 16.9 Å². The van der Waals surface area contributed by atoms with Gasteiger partial charge in [0.1, 0.15) is 17.1 Å². The minimum atomic E-state index is -5.67. The molecule has 0 saturated carbocycles. The second-order valence-electron chi connectivity index (χ2n) is 8.80. The average molecular weight is 537 g/mol. The summed E-state index contributed by atoms with van der Waals surface area (Å²) in [5.74, 6) is -5.25. The van der Waals surface area contributed by atoms with Gasteiger partial charge >= 0.3 is 12.1 Å². The maximum absolute atomic E-state index is 13.6. The quantitative estimate of drug-likeness (QED) is 0.331. The van der Waals surface area contributed by atoms with Crippen LogP contribution in [0.5, 0.6) is 0 Å². The van der Waals surface area contributed by atoms with Crippen molar-refractivity contribution in [1.82, 2.24) is 19.7 Å². The number of carbonyl (C=O) groups is 1. The van der Waals surface area contributed by atoms with E-state index in [9.17, 15) is 26.7 Å². The molecule has 0 spiro atoms. The van der Waals surface area contributed by atoms with E-state index in [1.165, 1.54) is 4.68 Å². The van der Waals surface area contributed by atoms with Gasteiger partial charge in [0, 0.05) is 16.8 Å². The van der Waals surface area contributed by atoms with Gasteiger partial charge in [-0.25, -0.2) is 0 Å². The molecular formula is C24H18ClF5N6O. The van der Waals surface area contributed by atoms with Crippen LogP contribution in [0.2, 0.25) is 5.02 Å². The minimum Gasteiger partial charge on any atom is -0.383 e. The zero-order valence-corrected chi connectivity index (χ0v) is 19.8. The molecule has 0 aliphatic carbocycles. The molecule has 1 aliphatic heterocycles. The molecule has 0 saturated heterocycles. The summed E-state index contributed by atoms with van der Waals surface area (Å²) in [6.45, 7) is 1.67. The summed E-state index contributed by atoms with van der Waals surface area (Å²) < 4.78 is 66.4. The van der Waals surface area contributed by atoms with Crippen LogP contribution in [0.4, 0.5) is 33.6 Å². The van der Waals surface area contributed by atoms with E-state index < -0.39 is 36.3 Å². The number of fused-ring (bicyclic) bond motifs is 2. The van der Waals surface area contributed by atoms with E-state index in [1.54, 1.807) is 55.5 Å². The van der Waals surface area contributed by atoms with Crippen LogP contribution in [0.1, 0.15) is 30.2 Å². The third-order valence-corrected chi connectivity index (χ3v) is 6.73. The molecule has 3 N–H and O–H groups in total. The van der Waals surface area contributed by atoms with Crippen LogP contribution in [-0.2, 0) is 16.6 Å². The molecule has 1 atom stereocenters. The molecule has 1 amide bonds. The minimum absolute atomic E-state index is 0.0113. The van der Waals surface area contributed by atoms with Crippen molar-refractivity contribution in [2.45, 2.75) is 37.3 Å². The van der Waals surface area contributed by atoms with E-state index in [4.69, 9.17) is 17.3 Å². The van der Waals surface area contributed by atoms with Gasteiger partial charge in [-0.3, -0.25) is 4.79 Å². The van der Waals surface area contributed by atoms with E-state index in [-0.39, 0.29) is 23.3 Å². The monoisotopic (exact) mass is 536 g/mol. The Labute approximate surface area is 211 Å². The highest BCUT2D eigenvalue weighted by molar-refractivity contribution is 6.30. The van der Waals surface area contributed by atoms with Crippen molar-refractivity contribution < 1.29 is 26.7 Å². The maximum Gasteiger partial charge on any atom is 0.453 e. The largest absolute Gasteiger partial charge is 0.453 e. The first-order chi connectivity index (χ1) is 17.3. The summed E-state index contributed by atoms with van der Waals surface area (Å²) in [5.41, 5.74) is 6.40.